The first-order valence-corrected chi connectivity index (χ1v) is 14.2. The zero-order valence-electron chi connectivity index (χ0n) is 23.7. The molecule has 3 nitrogen and oxygen atoms in total. The molecule has 0 saturated heterocycles. The fourth-order valence-electron chi connectivity index (χ4n) is 5.96. The molecule has 0 bridgehead atoms. The van der Waals surface area contributed by atoms with Gasteiger partial charge in [0.25, 0.3) is 5.92 Å². The monoisotopic (exact) mass is 589 g/mol. The maximum Gasteiger partial charge on any atom is 0.397 e. The molecule has 0 radical (unpaired) electrons. The summed E-state index contributed by atoms with van der Waals surface area (Å²) in [6, 6.07) is 9.05. The predicted octanol–water partition coefficient (Wildman–Crippen LogP) is 9.27. The van der Waals surface area contributed by atoms with Gasteiger partial charge < -0.3 is 0 Å². The minimum absolute atomic E-state index is 0.0806. The third-order valence-electron chi connectivity index (χ3n) is 8.12. The molecule has 2 aliphatic rings. The number of ketones is 2. The minimum atomic E-state index is -5.21. The summed E-state index contributed by atoms with van der Waals surface area (Å²) in [6.07, 6.45) is -4.38. The number of unbranched alkanes of at least 4 members (excludes halogenated alkanes) is 1. The van der Waals surface area contributed by atoms with Gasteiger partial charge >= 0.3 is 6.18 Å². The third-order valence-corrected chi connectivity index (χ3v) is 8.12. The number of hydrogen-bond donors (Lipinski definition) is 0. The molecule has 1 aromatic rings. The highest BCUT2D eigenvalue weighted by molar-refractivity contribution is 6.15. The SMILES string of the molecule is CCCCC1=NC2=C(CCC(CC(=O)CC(C(C)(F)F)C(F)(F)F)C2)C(=O)C1C(CCC(C)(F)F)c1ccccc1. The van der Waals surface area contributed by atoms with Gasteiger partial charge in [-0.3, -0.25) is 14.6 Å². The van der Waals surface area contributed by atoms with E-state index in [0.29, 0.717) is 29.8 Å². The number of carbonyl (C=O) groups excluding carboxylic acids is 2. The molecule has 0 N–H and O–H groups in total. The number of rotatable bonds is 13. The first-order chi connectivity index (χ1) is 19.0. The zero-order chi connectivity index (χ0) is 30.6. The van der Waals surface area contributed by atoms with Gasteiger partial charge in [-0.05, 0) is 69.8 Å². The van der Waals surface area contributed by atoms with Gasteiger partial charge in [0.2, 0.25) is 5.92 Å². The number of Topliss-reactive ketones (excluding diaryl/α,β-unsaturated/α-hetero) is 2. The van der Waals surface area contributed by atoms with E-state index < -0.39 is 60.3 Å². The Morgan fingerprint density at radius 3 is 2.27 bits per heavy atom. The van der Waals surface area contributed by atoms with Gasteiger partial charge in [-0.2, -0.15) is 13.2 Å². The van der Waals surface area contributed by atoms with Gasteiger partial charge in [0.05, 0.1) is 5.92 Å². The summed E-state index contributed by atoms with van der Waals surface area (Å²) >= 11 is 0. The van der Waals surface area contributed by atoms with Gasteiger partial charge in [0.15, 0.2) is 5.78 Å². The number of nitrogens with zero attached hydrogens (tertiary/aromatic N) is 1. The normalized spacial score (nSPS) is 21.8. The summed E-state index contributed by atoms with van der Waals surface area (Å²) in [5, 5.41) is 0. The maximum atomic E-state index is 14.0. The van der Waals surface area contributed by atoms with Crippen molar-refractivity contribution < 1.29 is 40.3 Å². The molecule has 0 spiro atoms. The van der Waals surface area contributed by atoms with E-state index in [0.717, 1.165) is 25.3 Å². The average molecular weight is 590 g/mol. The molecule has 10 heteroatoms. The molecule has 0 aromatic heterocycles. The molecule has 0 amide bonds. The average Bonchev–Trinajstić information content (AvgIpc) is 2.86. The van der Waals surface area contributed by atoms with Crippen molar-refractivity contribution in [1.29, 1.82) is 0 Å². The van der Waals surface area contributed by atoms with Crippen LogP contribution < -0.4 is 0 Å². The van der Waals surface area contributed by atoms with Crippen LogP contribution in [-0.4, -0.2) is 35.3 Å². The molecule has 3 rings (SSSR count). The van der Waals surface area contributed by atoms with Crippen LogP contribution in [0.4, 0.5) is 30.7 Å². The van der Waals surface area contributed by atoms with E-state index in [1.165, 1.54) is 0 Å². The lowest BCUT2D eigenvalue weighted by Gasteiger charge is -2.36. The van der Waals surface area contributed by atoms with E-state index in [1.807, 2.05) is 25.1 Å². The molecule has 41 heavy (non-hydrogen) atoms. The Morgan fingerprint density at radius 2 is 1.71 bits per heavy atom. The highest BCUT2D eigenvalue weighted by atomic mass is 19.4. The van der Waals surface area contributed by atoms with Gasteiger partial charge in [0.1, 0.15) is 11.7 Å². The van der Waals surface area contributed by atoms with Crippen LogP contribution >= 0.6 is 0 Å². The molecule has 1 heterocycles. The molecule has 1 aromatic carbocycles. The van der Waals surface area contributed by atoms with Crippen molar-refractivity contribution in [2.24, 2.45) is 22.7 Å². The van der Waals surface area contributed by atoms with Crippen LogP contribution in [0.15, 0.2) is 46.6 Å². The smallest absolute Gasteiger partial charge is 0.300 e. The second-order valence-electron chi connectivity index (χ2n) is 11.7. The van der Waals surface area contributed by atoms with E-state index in [4.69, 9.17) is 4.99 Å². The Kier molecular flexibility index (Phi) is 10.6. The molecule has 4 atom stereocenters. The van der Waals surface area contributed by atoms with Gasteiger partial charge in [-0.1, -0.05) is 43.7 Å². The number of hydrogen-bond acceptors (Lipinski definition) is 3. The zero-order valence-corrected chi connectivity index (χ0v) is 23.7. The van der Waals surface area contributed by atoms with Crippen molar-refractivity contribution in [3.8, 4) is 0 Å². The maximum absolute atomic E-state index is 14.0. The third kappa shape index (κ3) is 8.98. The second-order valence-corrected chi connectivity index (χ2v) is 11.7. The van der Waals surface area contributed by atoms with Gasteiger partial charge in [0, 0.05) is 36.2 Å². The summed E-state index contributed by atoms with van der Waals surface area (Å²) in [5.41, 5.74) is 2.31. The van der Waals surface area contributed by atoms with E-state index in [1.54, 1.807) is 12.1 Å². The second kappa shape index (κ2) is 13.2. The fourth-order valence-corrected chi connectivity index (χ4v) is 5.96. The lowest BCUT2D eigenvalue weighted by atomic mass is 9.70. The highest BCUT2D eigenvalue weighted by Gasteiger charge is 2.53. The molecule has 0 saturated carbocycles. The largest absolute Gasteiger partial charge is 0.397 e. The highest BCUT2D eigenvalue weighted by Crippen LogP contribution is 2.45. The van der Waals surface area contributed by atoms with E-state index in [9.17, 15) is 40.3 Å². The van der Waals surface area contributed by atoms with E-state index >= 15 is 0 Å². The summed E-state index contributed by atoms with van der Waals surface area (Å²) in [5.74, 6) is -12.8. The van der Waals surface area contributed by atoms with Crippen molar-refractivity contribution in [2.45, 2.75) is 109 Å². The standard InChI is InChI=1S/C31H38F7NO2/c1-4-5-11-24-27(22(14-15-29(2,32)33)20-9-7-6-8-10-20)28(41)23-13-12-19(17-25(23)39-24)16-21(40)18-26(30(3,34)35)31(36,37)38/h6-10,19,22,26-27H,4-5,11-18H2,1-3H3. The number of benzene rings is 1. The van der Waals surface area contributed by atoms with Crippen molar-refractivity contribution >= 4 is 17.3 Å². The predicted molar refractivity (Wildman–Crippen MR) is 143 cm³/mol. The number of alkyl halides is 7. The lowest BCUT2D eigenvalue weighted by Crippen LogP contribution is -2.39. The van der Waals surface area contributed by atoms with Crippen LogP contribution in [0.2, 0.25) is 0 Å². The summed E-state index contributed by atoms with van der Waals surface area (Å²) in [7, 11) is 0. The molecule has 228 valence electrons. The molecule has 4 unspecified atom stereocenters. The van der Waals surface area contributed by atoms with Crippen molar-refractivity contribution in [3.63, 3.8) is 0 Å². The summed E-state index contributed by atoms with van der Waals surface area (Å²) in [6.45, 7) is 3.00. The van der Waals surface area contributed by atoms with Crippen molar-refractivity contribution in [3.05, 3.63) is 47.2 Å². The van der Waals surface area contributed by atoms with Gasteiger partial charge in [-0.15, -0.1) is 0 Å². The number of aliphatic imine (C=N–C) groups is 1. The number of halogens is 7. The molecular weight excluding hydrogens is 551 g/mol. The quantitative estimate of drug-likeness (QED) is 0.215. The van der Waals surface area contributed by atoms with Crippen LogP contribution in [0.1, 0.15) is 96.5 Å². The van der Waals surface area contributed by atoms with Crippen LogP contribution in [-0.2, 0) is 9.59 Å². The number of allylic oxidation sites excluding steroid dienone is 2. The van der Waals surface area contributed by atoms with Crippen molar-refractivity contribution in [1.82, 2.24) is 0 Å². The van der Waals surface area contributed by atoms with Crippen LogP contribution in [0.25, 0.3) is 0 Å². The molecule has 1 aliphatic carbocycles. The Balaban J connectivity index is 1.85. The molecule has 0 fully saturated rings. The Hall–Kier alpha value is -2.52. The first kappa shape index (κ1) is 33.0. The van der Waals surface area contributed by atoms with Crippen LogP contribution in [0.3, 0.4) is 0 Å². The Labute approximate surface area is 236 Å². The summed E-state index contributed by atoms with van der Waals surface area (Å²) in [4.78, 5) is 31.3. The fraction of sp³-hybridized carbons (Fsp3) is 0.645. The van der Waals surface area contributed by atoms with Crippen molar-refractivity contribution in [2.75, 3.05) is 0 Å². The first-order valence-electron chi connectivity index (χ1n) is 14.2. The van der Waals surface area contributed by atoms with Gasteiger partial charge in [-0.25, -0.2) is 17.6 Å². The topological polar surface area (TPSA) is 46.5 Å². The molecular formula is C31H38F7NO2. The summed E-state index contributed by atoms with van der Waals surface area (Å²) < 4.78 is 94.6. The number of carbonyl (C=O) groups is 2. The van der Waals surface area contributed by atoms with E-state index in [-0.39, 0.29) is 38.4 Å². The Bertz CT molecular complexity index is 1120. The Morgan fingerprint density at radius 1 is 1.05 bits per heavy atom. The lowest BCUT2D eigenvalue weighted by molar-refractivity contribution is -0.236. The minimum Gasteiger partial charge on any atom is -0.300 e. The molecule has 1 aliphatic heterocycles. The van der Waals surface area contributed by atoms with E-state index in [2.05, 4.69) is 0 Å². The van der Waals surface area contributed by atoms with Crippen LogP contribution in [0.5, 0.6) is 0 Å². The van der Waals surface area contributed by atoms with Crippen LogP contribution in [0, 0.1) is 17.8 Å².